The number of benzene rings is 1. The largest absolute Gasteiger partial charge is 0.491 e. The summed E-state index contributed by atoms with van der Waals surface area (Å²) in [5.41, 5.74) is 1.15. The Balaban J connectivity index is 2.64. The van der Waals surface area contributed by atoms with Gasteiger partial charge in [-0.25, -0.2) is 4.79 Å². The number of rotatable bonds is 6. The van der Waals surface area contributed by atoms with Crippen molar-refractivity contribution in [1.29, 1.82) is 0 Å². The number of carbonyl (C=O) groups excluding carboxylic acids is 2. The van der Waals surface area contributed by atoms with Gasteiger partial charge in [-0.3, -0.25) is 4.79 Å². The molecule has 5 nitrogen and oxygen atoms in total. The predicted molar refractivity (Wildman–Crippen MR) is 70.9 cm³/mol. The van der Waals surface area contributed by atoms with Crippen molar-refractivity contribution < 1.29 is 19.1 Å². The Morgan fingerprint density at radius 1 is 1.37 bits per heavy atom. The maximum absolute atomic E-state index is 11.5. The van der Waals surface area contributed by atoms with Gasteiger partial charge in [0.15, 0.2) is 6.04 Å². The Morgan fingerprint density at radius 3 is 2.68 bits per heavy atom. The van der Waals surface area contributed by atoms with Crippen LogP contribution in [0.4, 0.5) is 0 Å². The number of esters is 1. The van der Waals surface area contributed by atoms with Gasteiger partial charge in [0, 0.05) is 6.92 Å². The maximum atomic E-state index is 11.5. The standard InChI is InChI=1S/C14H19NO4/c1-4-11-6-5-7-12(8-11)19-9-13(14(17)18-3)15-10(2)16/h5-8,13H,4,9H2,1-3H3,(H,15,16). The van der Waals surface area contributed by atoms with Crippen LogP contribution >= 0.6 is 0 Å². The molecule has 0 aliphatic heterocycles. The number of hydrogen-bond donors (Lipinski definition) is 1. The second-order valence-corrected chi connectivity index (χ2v) is 4.09. The molecular weight excluding hydrogens is 246 g/mol. The van der Waals surface area contributed by atoms with E-state index in [0.717, 1.165) is 12.0 Å². The lowest BCUT2D eigenvalue weighted by atomic mass is 10.2. The molecule has 104 valence electrons. The molecule has 0 aliphatic carbocycles. The first kappa shape index (κ1) is 15.0. The van der Waals surface area contributed by atoms with Gasteiger partial charge in [0.25, 0.3) is 0 Å². The Labute approximate surface area is 112 Å². The third kappa shape index (κ3) is 4.99. The van der Waals surface area contributed by atoms with E-state index in [4.69, 9.17) is 4.74 Å². The highest BCUT2D eigenvalue weighted by atomic mass is 16.5. The molecule has 1 aromatic carbocycles. The van der Waals surface area contributed by atoms with E-state index in [1.165, 1.54) is 14.0 Å². The molecule has 0 heterocycles. The average molecular weight is 265 g/mol. The number of ether oxygens (including phenoxy) is 2. The SMILES string of the molecule is CCc1cccc(OCC(NC(C)=O)C(=O)OC)c1. The van der Waals surface area contributed by atoms with Gasteiger partial charge < -0.3 is 14.8 Å². The number of amides is 1. The molecule has 1 rings (SSSR count). The van der Waals surface area contributed by atoms with Gasteiger partial charge in [0.05, 0.1) is 7.11 Å². The molecule has 1 amide bonds. The smallest absolute Gasteiger partial charge is 0.331 e. The maximum Gasteiger partial charge on any atom is 0.331 e. The molecule has 0 bridgehead atoms. The number of nitrogens with one attached hydrogen (secondary N) is 1. The van der Waals surface area contributed by atoms with Gasteiger partial charge in [-0.1, -0.05) is 19.1 Å². The molecule has 1 aromatic rings. The van der Waals surface area contributed by atoms with Crippen molar-refractivity contribution in [1.82, 2.24) is 5.32 Å². The summed E-state index contributed by atoms with van der Waals surface area (Å²) >= 11 is 0. The Kier molecular flexibility index (Phi) is 5.85. The third-order valence-electron chi connectivity index (χ3n) is 2.59. The first-order valence-electron chi connectivity index (χ1n) is 6.13. The van der Waals surface area contributed by atoms with E-state index in [-0.39, 0.29) is 12.5 Å². The molecule has 0 aromatic heterocycles. The van der Waals surface area contributed by atoms with Crippen LogP contribution in [0.5, 0.6) is 5.75 Å². The number of methoxy groups -OCH3 is 1. The zero-order chi connectivity index (χ0) is 14.3. The fourth-order valence-electron chi connectivity index (χ4n) is 1.59. The van der Waals surface area contributed by atoms with Crippen molar-refractivity contribution in [3.8, 4) is 5.75 Å². The quantitative estimate of drug-likeness (QED) is 0.788. The predicted octanol–water partition coefficient (Wildman–Crippen LogP) is 1.31. The fourth-order valence-corrected chi connectivity index (χ4v) is 1.59. The molecule has 1 atom stereocenters. The third-order valence-corrected chi connectivity index (χ3v) is 2.59. The Bertz CT molecular complexity index is 445. The minimum Gasteiger partial charge on any atom is -0.491 e. The summed E-state index contributed by atoms with van der Waals surface area (Å²) < 4.78 is 10.1. The molecule has 1 N–H and O–H groups in total. The van der Waals surface area contributed by atoms with Crippen LogP contribution in [0.3, 0.4) is 0 Å². The molecule has 0 radical (unpaired) electrons. The Morgan fingerprint density at radius 2 is 2.11 bits per heavy atom. The van der Waals surface area contributed by atoms with E-state index in [1.807, 2.05) is 25.1 Å². The molecule has 19 heavy (non-hydrogen) atoms. The van der Waals surface area contributed by atoms with Crippen LogP contribution in [0, 0.1) is 0 Å². The molecule has 0 saturated heterocycles. The summed E-state index contributed by atoms with van der Waals surface area (Å²) in [5, 5.41) is 2.49. The highest BCUT2D eigenvalue weighted by Crippen LogP contribution is 2.14. The highest BCUT2D eigenvalue weighted by molar-refractivity contribution is 5.83. The zero-order valence-electron chi connectivity index (χ0n) is 11.4. The Hall–Kier alpha value is -2.04. The number of aryl methyl sites for hydroxylation is 1. The summed E-state index contributed by atoms with van der Waals surface area (Å²) in [6, 6.07) is 6.80. The van der Waals surface area contributed by atoms with Crippen molar-refractivity contribution >= 4 is 11.9 Å². The van der Waals surface area contributed by atoms with E-state index < -0.39 is 12.0 Å². The topological polar surface area (TPSA) is 64.6 Å². The summed E-state index contributed by atoms with van der Waals surface area (Å²) in [6.07, 6.45) is 0.906. The summed E-state index contributed by atoms with van der Waals surface area (Å²) in [5.74, 6) is -0.165. The van der Waals surface area contributed by atoms with Crippen LogP contribution in [0.1, 0.15) is 19.4 Å². The molecule has 0 saturated carbocycles. The van der Waals surface area contributed by atoms with Gasteiger partial charge in [-0.05, 0) is 24.1 Å². The van der Waals surface area contributed by atoms with Crippen LogP contribution in [0.25, 0.3) is 0 Å². The lowest BCUT2D eigenvalue weighted by Crippen LogP contribution is -2.44. The first-order chi connectivity index (χ1) is 9.06. The molecule has 1 unspecified atom stereocenters. The molecular formula is C14H19NO4. The molecule has 0 fully saturated rings. The van der Waals surface area contributed by atoms with Crippen LogP contribution < -0.4 is 10.1 Å². The van der Waals surface area contributed by atoms with Gasteiger partial charge in [-0.2, -0.15) is 0 Å². The summed E-state index contributed by atoms with van der Waals surface area (Å²) in [4.78, 5) is 22.5. The second kappa shape index (κ2) is 7.41. The molecule has 5 heteroatoms. The van der Waals surface area contributed by atoms with Crippen molar-refractivity contribution in [3.05, 3.63) is 29.8 Å². The second-order valence-electron chi connectivity index (χ2n) is 4.09. The van der Waals surface area contributed by atoms with Crippen LogP contribution in [-0.2, 0) is 20.7 Å². The molecule has 0 spiro atoms. The highest BCUT2D eigenvalue weighted by Gasteiger charge is 2.20. The van der Waals surface area contributed by atoms with E-state index in [2.05, 4.69) is 10.1 Å². The van der Waals surface area contributed by atoms with Crippen LogP contribution in [0.15, 0.2) is 24.3 Å². The number of carbonyl (C=O) groups is 2. The summed E-state index contributed by atoms with van der Waals surface area (Å²) in [7, 11) is 1.27. The van der Waals surface area contributed by atoms with Crippen molar-refractivity contribution in [2.24, 2.45) is 0 Å². The van der Waals surface area contributed by atoms with Gasteiger partial charge in [-0.15, -0.1) is 0 Å². The van der Waals surface area contributed by atoms with Gasteiger partial charge in [0.1, 0.15) is 12.4 Å². The van der Waals surface area contributed by atoms with Gasteiger partial charge in [0.2, 0.25) is 5.91 Å². The van der Waals surface area contributed by atoms with E-state index in [0.29, 0.717) is 5.75 Å². The minimum absolute atomic E-state index is 0.0411. The first-order valence-corrected chi connectivity index (χ1v) is 6.13. The number of hydrogen-bond acceptors (Lipinski definition) is 4. The monoisotopic (exact) mass is 265 g/mol. The lowest BCUT2D eigenvalue weighted by molar-refractivity contribution is -0.145. The van der Waals surface area contributed by atoms with Crippen molar-refractivity contribution in [3.63, 3.8) is 0 Å². The van der Waals surface area contributed by atoms with Gasteiger partial charge >= 0.3 is 5.97 Å². The summed E-state index contributed by atoms with van der Waals surface area (Å²) in [6.45, 7) is 3.43. The minimum atomic E-state index is -0.798. The zero-order valence-corrected chi connectivity index (χ0v) is 11.4. The van der Waals surface area contributed by atoms with Crippen molar-refractivity contribution in [2.75, 3.05) is 13.7 Å². The normalized spacial score (nSPS) is 11.5. The lowest BCUT2D eigenvalue weighted by Gasteiger charge is -2.16. The fraction of sp³-hybridized carbons (Fsp3) is 0.429. The molecule has 0 aliphatic rings. The van der Waals surface area contributed by atoms with Crippen LogP contribution in [-0.4, -0.2) is 31.6 Å². The van der Waals surface area contributed by atoms with E-state index in [1.54, 1.807) is 6.07 Å². The van der Waals surface area contributed by atoms with Crippen LogP contribution in [0.2, 0.25) is 0 Å². The average Bonchev–Trinajstić information content (AvgIpc) is 2.42. The van der Waals surface area contributed by atoms with E-state index in [9.17, 15) is 9.59 Å². The van der Waals surface area contributed by atoms with Crippen molar-refractivity contribution in [2.45, 2.75) is 26.3 Å². The van der Waals surface area contributed by atoms with E-state index >= 15 is 0 Å².